The lowest BCUT2D eigenvalue weighted by molar-refractivity contribution is -0.519. The zero-order valence-electron chi connectivity index (χ0n) is 10.6. The predicted octanol–water partition coefficient (Wildman–Crippen LogP) is 4.41. The summed E-state index contributed by atoms with van der Waals surface area (Å²) in [7, 11) is 0. The molecule has 1 nitrogen and oxygen atoms in total. The van der Waals surface area contributed by atoms with E-state index in [1.807, 2.05) is 6.07 Å². The number of para-hydroxylation sites is 1. The summed E-state index contributed by atoms with van der Waals surface area (Å²) in [5.74, 6) is 0. The second-order valence-electron chi connectivity index (χ2n) is 4.15. The average molecular weight is 284 g/mol. The third kappa shape index (κ3) is 2.57. The largest absolute Gasteiger partial charge is 0.224 e. The lowest BCUT2D eigenvalue weighted by atomic mass is 10.1. The van der Waals surface area contributed by atoms with E-state index in [2.05, 4.69) is 71.0 Å². The molecule has 0 spiro atoms. The molecule has 0 aliphatic rings. The molecule has 3 heteroatoms. The number of hydrogen-bond acceptors (Lipinski definition) is 2. The fraction of sp³-hybridized carbons (Fsp3) is 0.0625. The maximum Gasteiger partial charge on any atom is 0.224 e. The summed E-state index contributed by atoms with van der Waals surface area (Å²) in [6, 6.07) is 21.0. The van der Waals surface area contributed by atoms with Gasteiger partial charge in [0.1, 0.15) is 4.21 Å². The smallest absolute Gasteiger partial charge is 0.112 e. The summed E-state index contributed by atoms with van der Waals surface area (Å²) in [5.41, 5.74) is 3.80. The molecule has 94 valence electrons. The minimum absolute atomic E-state index is 1.21. The van der Waals surface area contributed by atoms with Crippen LogP contribution in [0.1, 0.15) is 0 Å². The van der Waals surface area contributed by atoms with Crippen molar-refractivity contribution in [1.29, 1.82) is 0 Å². The Hall–Kier alpha value is -1.58. The molecule has 0 N–H and O–H groups in total. The molecule has 3 rings (SSSR count). The van der Waals surface area contributed by atoms with Crippen LogP contribution >= 0.6 is 23.3 Å². The molecule has 2 aromatic carbocycles. The minimum atomic E-state index is 1.21. The van der Waals surface area contributed by atoms with E-state index in [9.17, 15) is 0 Å². The van der Waals surface area contributed by atoms with Crippen molar-refractivity contribution in [2.75, 3.05) is 6.26 Å². The second-order valence-corrected chi connectivity index (χ2v) is 6.21. The van der Waals surface area contributed by atoms with E-state index in [1.165, 1.54) is 21.0 Å². The monoisotopic (exact) mass is 284 g/mol. The van der Waals surface area contributed by atoms with Gasteiger partial charge in [-0.05, 0) is 11.8 Å². The van der Waals surface area contributed by atoms with Crippen LogP contribution in [0, 0.1) is 0 Å². The Morgan fingerprint density at radius 2 is 1.53 bits per heavy atom. The highest BCUT2D eigenvalue weighted by Crippen LogP contribution is 2.32. The minimum Gasteiger partial charge on any atom is -0.112 e. The van der Waals surface area contributed by atoms with E-state index in [4.69, 9.17) is 0 Å². The van der Waals surface area contributed by atoms with E-state index in [0.717, 1.165) is 0 Å². The third-order valence-electron chi connectivity index (χ3n) is 2.93. The van der Waals surface area contributed by atoms with E-state index in [1.54, 1.807) is 23.3 Å². The van der Waals surface area contributed by atoms with Gasteiger partial charge in [-0.25, -0.2) is 0 Å². The number of benzene rings is 2. The number of nitrogens with zero attached hydrogens (tertiary/aromatic N) is 1. The first-order valence-electron chi connectivity index (χ1n) is 6.09. The Balaban J connectivity index is 2.09. The van der Waals surface area contributed by atoms with E-state index in [-0.39, 0.29) is 0 Å². The lowest BCUT2D eigenvalue weighted by Crippen LogP contribution is -2.23. The van der Waals surface area contributed by atoms with Gasteiger partial charge in [-0.1, -0.05) is 48.5 Å². The third-order valence-corrected chi connectivity index (χ3v) is 5.14. The van der Waals surface area contributed by atoms with Gasteiger partial charge in [0.25, 0.3) is 0 Å². The molecule has 0 saturated carbocycles. The molecule has 3 aromatic rings. The molecule has 0 unspecified atom stereocenters. The van der Waals surface area contributed by atoms with Crippen molar-refractivity contribution >= 4 is 23.3 Å². The van der Waals surface area contributed by atoms with Crippen molar-refractivity contribution in [3.8, 4) is 16.8 Å². The van der Waals surface area contributed by atoms with Gasteiger partial charge < -0.3 is 0 Å². The van der Waals surface area contributed by atoms with Crippen LogP contribution in [0.4, 0.5) is 0 Å². The molecule has 0 aliphatic heterocycles. The first-order valence-corrected chi connectivity index (χ1v) is 8.09. The normalized spacial score (nSPS) is 10.6. The maximum atomic E-state index is 2.23. The molecule has 1 aromatic heterocycles. The zero-order valence-corrected chi connectivity index (χ0v) is 12.2. The van der Waals surface area contributed by atoms with Crippen LogP contribution in [0.5, 0.6) is 0 Å². The second kappa shape index (κ2) is 5.59. The Kier molecular flexibility index (Phi) is 3.67. The summed E-state index contributed by atoms with van der Waals surface area (Å²) < 4.78 is 3.57. The Morgan fingerprint density at radius 1 is 0.895 bits per heavy atom. The summed E-state index contributed by atoms with van der Waals surface area (Å²) in [6.45, 7) is 0. The summed E-state index contributed by atoms with van der Waals surface area (Å²) >= 11 is 3.59. The molecule has 19 heavy (non-hydrogen) atoms. The molecular weight excluding hydrogens is 270 g/mol. The van der Waals surface area contributed by atoms with Gasteiger partial charge in [0, 0.05) is 12.1 Å². The summed E-state index contributed by atoms with van der Waals surface area (Å²) in [6.07, 6.45) is 4.36. The number of aromatic nitrogens is 1. The van der Waals surface area contributed by atoms with Gasteiger partial charge in [0.15, 0.2) is 17.7 Å². The van der Waals surface area contributed by atoms with Crippen molar-refractivity contribution in [2.45, 2.75) is 4.21 Å². The van der Waals surface area contributed by atoms with Crippen molar-refractivity contribution < 1.29 is 3.96 Å². The van der Waals surface area contributed by atoms with E-state index in [0.29, 0.717) is 0 Å². The highest BCUT2D eigenvalue weighted by Gasteiger charge is 2.18. The van der Waals surface area contributed by atoms with Crippen LogP contribution in [0.2, 0.25) is 0 Å². The van der Waals surface area contributed by atoms with Crippen molar-refractivity contribution in [2.24, 2.45) is 0 Å². The van der Waals surface area contributed by atoms with Gasteiger partial charge >= 0.3 is 0 Å². The van der Waals surface area contributed by atoms with Crippen molar-refractivity contribution in [3.05, 3.63) is 66.9 Å². The zero-order chi connectivity index (χ0) is 13.1. The maximum absolute atomic E-state index is 2.23. The van der Waals surface area contributed by atoms with E-state index < -0.39 is 0 Å². The van der Waals surface area contributed by atoms with Crippen molar-refractivity contribution in [3.63, 3.8) is 0 Å². The Labute approximate surface area is 121 Å². The first kappa shape index (κ1) is 12.5. The molecule has 0 amide bonds. The highest BCUT2D eigenvalue weighted by molar-refractivity contribution is 8.00. The number of rotatable bonds is 3. The molecule has 0 radical (unpaired) electrons. The van der Waals surface area contributed by atoms with Gasteiger partial charge in [0.05, 0.1) is 5.56 Å². The van der Waals surface area contributed by atoms with Crippen LogP contribution in [0.15, 0.2) is 71.1 Å². The van der Waals surface area contributed by atoms with Gasteiger partial charge in [0.2, 0.25) is 5.69 Å². The van der Waals surface area contributed by atoms with Crippen LogP contribution in [-0.4, -0.2) is 6.26 Å². The van der Waals surface area contributed by atoms with Crippen LogP contribution in [0.3, 0.4) is 0 Å². The summed E-state index contributed by atoms with van der Waals surface area (Å²) in [4.78, 5) is 0. The van der Waals surface area contributed by atoms with Crippen molar-refractivity contribution in [1.82, 2.24) is 0 Å². The number of hydrogen-bond donors (Lipinski definition) is 0. The van der Waals surface area contributed by atoms with Gasteiger partial charge in [-0.3, -0.25) is 0 Å². The first-order chi connectivity index (χ1) is 9.38. The fourth-order valence-electron chi connectivity index (χ4n) is 1.99. The van der Waals surface area contributed by atoms with Gasteiger partial charge in [-0.15, -0.1) is 15.7 Å². The molecule has 0 atom stereocenters. The SMILES string of the molecule is CSc1s[n+](-c2ccccc2)cc1-c1ccccc1. The molecule has 0 saturated heterocycles. The fourth-order valence-corrected chi connectivity index (χ4v) is 3.76. The quantitative estimate of drug-likeness (QED) is 0.509. The standard InChI is InChI=1S/C16H14NS2/c1-18-16-15(13-8-4-2-5-9-13)12-17(19-16)14-10-6-3-7-11-14/h2-12H,1H3/q+1. The highest BCUT2D eigenvalue weighted by atomic mass is 32.2. The van der Waals surface area contributed by atoms with E-state index >= 15 is 0 Å². The van der Waals surface area contributed by atoms with Gasteiger partial charge in [-0.2, -0.15) is 0 Å². The number of thioether (sulfide) groups is 1. The van der Waals surface area contributed by atoms with Crippen LogP contribution < -0.4 is 3.96 Å². The summed E-state index contributed by atoms with van der Waals surface area (Å²) in [5, 5.41) is 0. The molecule has 0 fully saturated rings. The predicted molar refractivity (Wildman–Crippen MR) is 83.1 cm³/mol. The van der Waals surface area contributed by atoms with Crippen LogP contribution in [-0.2, 0) is 0 Å². The molecule has 1 heterocycles. The Morgan fingerprint density at radius 3 is 2.16 bits per heavy atom. The molecular formula is C16H14NS2+. The lowest BCUT2D eigenvalue weighted by Gasteiger charge is -1.95. The topological polar surface area (TPSA) is 3.88 Å². The molecule has 0 aliphatic carbocycles. The van der Waals surface area contributed by atoms with Crippen LogP contribution in [0.25, 0.3) is 16.8 Å². The Bertz CT molecular complexity index is 660. The molecule has 0 bridgehead atoms. The average Bonchev–Trinajstić information content (AvgIpc) is 2.93.